The van der Waals surface area contributed by atoms with Gasteiger partial charge < -0.3 is 0 Å². The molecule has 24 heavy (non-hydrogen) atoms. The van der Waals surface area contributed by atoms with Crippen LogP contribution in [0.5, 0.6) is 0 Å². The van der Waals surface area contributed by atoms with Crippen molar-refractivity contribution in [2.45, 2.75) is 53.4 Å². The first-order chi connectivity index (χ1) is 11.4. The molecule has 3 rings (SSSR count). The minimum Gasteiger partial charge on any atom is -0.0651 e. The summed E-state index contributed by atoms with van der Waals surface area (Å²) in [5.41, 5.74) is 11.1. The molecule has 0 radical (unpaired) electrons. The topological polar surface area (TPSA) is 0 Å². The number of rotatable bonds is 3. The Bertz CT molecular complexity index is 814. The van der Waals surface area contributed by atoms with Crippen LogP contribution in [-0.4, -0.2) is 0 Å². The maximum atomic E-state index is 2.43. The molecule has 1 aliphatic carbocycles. The quantitative estimate of drug-likeness (QED) is 0.580. The van der Waals surface area contributed by atoms with Crippen LogP contribution in [0, 0.1) is 20.8 Å². The van der Waals surface area contributed by atoms with E-state index in [2.05, 4.69) is 90.1 Å². The zero-order chi connectivity index (χ0) is 17.4. The highest BCUT2D eigenvalue weighted by atomic mass is 14.2. The number of allylic oxidation sites excluding steroid dienone is 4. The fraction of sp³-hybridized carbons (Fsp3) is 0.333. The standard InChI is InChI=1S/C24H28/c1-15(2)20-7-9-21(10-8-20)24-14-22(12-19(24)6)23-13-17(4)16(3)11-18(23)5/h7-15,24H,1-6H3. The van der Waals surface area contributed by atoms with Gasteiger partial charge in [0, 0.05) is 5.92 Å². The molecule has 2 aromatic carbocycles. The van der Waals surface area contributed by atoms with Crippen LogP contribution in [0.4, 0.5) is 0 Å². The molecule has 0 aliphatic heterocycles. The van der Waals surface area contributed by atoms with E-state index < -0.39 is 0 Å². The van der Waals surface area contributed by atoms with Crippen LogP contribution < -0.4 is 0 Å². The molecule has 0 saturated carbocycles. The first-order valence-electron chi connectivity index (χ1n) is 8.95. The van der Waals surface area contributed by atoms with Crippen molar-refractivity contribution in [2.75, 3.05) is 0 Å². The fourth-order valence-electron chi connectivity index (χ4n) is 3.58. The van der Waals surface area contributed by atoms with Gasteiger partial charge >= 0.3 is 0 Å². The average Bonchev–Trinajstić information content (AvgIpc) is 2.92. The summed E-state index contributed by atoms with van der Waals surface area (Å²) in [7, 11) is 0. The molecular weight excluding hydrogens is 288 g/mol. The van der Waals surface area contributed by atoms with E-state index in [0.29, 0.717) is 11.8 Å². The van der Waals surface area contributed by atoms with E-state index in [1.807, 2.05) is 0 Å². The summed E-state index contributed by atoms with van der Waals surface area (Å²) in [6.45, 7) is 13.4. The molecule has 0 aromatic heterocycles. The Morgan fingerprint density at radius 1 is 0.792 bits per heavy atom. The van der Waals surface area contributed by atoms with Gasteiger partial charge in [-0.15, -0.1) is 0 Å². The lowest BCUT2D eigenvalue weighted by atomic mass is 9.92. The molecule has 0 heterocycles. The Hall–Kier alpha value is -2.08. The molecule has 0 fully saturated rings. The maximum absolute atomic E-state index is 2.43. The minimum absolute atomic E-state index is 0.405. The highest BCUT2D eigenvalue weighted by Gasteiger charge is 2.19. The van der Waals surface area contributed by atoms with Crippen molar-refractivity contribution in [1.82, 2.24) is 0 Å². The van der Waals surface area contributed by atoms with Gasteiger partial charge in [0.15, 0.2) is 0 Å². The van der Waals surface area contributed by atoms with Crippen LogP contribution in [0.2, 0.25) is 0 Å². The van der Waals surface area contributed by atoms with Gasteiger partial charge in [-0.05, 0) is 72.6 Å². The Balaban J connectivity index is 1.96. The fourth-order valence-corrected chi connectivity index (χ4v) is 3.58. The molecule has 0 spiro atoms. The third-order valence-electron chi connectivity index (χ3n) is 5.33. The molecule has 2 aromatic rings. The van der Waals surface area contributed by atoms with Gasteiger partial charge in [0.25, 0.3) is 0 Å². The lowest BCUT2D eigenvalue weighted by Gasteiger charge is -2.13. The van der Waals surface area contributed by atoms with E-state index in [9.17, 15) is 0 Å². The smallest absolute Gasteiger partial charge is 0.0237 e. The third-order valence-corrected chi connectivity index (χ3v) is 5.33. The van der Waals surface area contributed by atoms with E-state index >= 15 is 0 Å². The van der Waals surface area contributed by atoms with E-state index in [1.165, 1.54) is 44.5 Å². The van der Waals surface area contributed by atoms with Crippen molar-refractivity contribution >= 4 is 5.57 Å². The Kier molecular flexibility index (Phi) is 4.49. The summed E-state index contributed by atoms with van der Waals surface area (Å²) in [5, 5.41) is 0. The van der Waals surface area contributed by atoms with Crippen molar-refractivity contribution in [3.63, 3.8) is 0 Å². The monoisotopic (exact) mass is 316 g/mol. The van der Waals surface area contributed by atoms with Gasteiger partial charge in [-0.25, -0.2) is 0 Å². The Morgan fingerprint density at radius 3 is 2.04 bits per heavy atom. The lowest BCUT2D eigenvalue weighted by molar-refractivity contribution is 0.863. The summed E-state index contributed by atoms with van der Waals surface area (Å²) in [5.74, 6) is 0.991. The second kappa shape index (κ2) is 6.43. The molecule has 124 valence electrons. The van der Waals surface area contributed by atoms with Gasteiger partial charge in [-0.3, -0.25) is 0 Å². The van der Waals surface area contributed by atoms with Gasteiger partial charge in [0.05, 0.1) is 0 Å². The van der Waals surface area contributed by atoms with E-state index in [0.717, 1.165) is 0 Å². The minimum atomic E-state index is 0.405. The molecule has 0 saturated heterocycles. The second-order valence-corrected chi connectivity index (χ2v) is 7.56. The Labute approximate surface area is 146 Å². The van der Waals surface area contributed by atoms with E-state index in [1.54, 1.807) is 0 Å². The molecule has 0 heteroatoms. The van der Waals surface area contributed by atoms with Crippen LogP contribution >= 0.6 is 0 Å². The van der Waals surface area contributed by atoms with Crippen molar-refractivity contribution < 1.29 is 0 Å². The number of aryl methyl sites for hydroxylation is 3. The summed E-state index contributed by atoms with van der Waals surface area (Å²) >= 11 is 0. The molecular formula is C24H28. The lowest BCUT2D eigenvalue weighted by Crippen LogP contribution is -1.95. The van der Waals surface area contributed by atoms with Gasteiger partial charge in [-0.1, -0.05) is 68.0 Å². The molecule has 0 bridgehead atoms. The predicted molar refractivity (Wildman–Crippen MR) is 106 cm³/mol. The highest BCUT2D eigenvalue weighted by molar-refractivity contribution is 5.81. The Morgan fingerprint density at radius 2 is 1.42 bits per heavy atom. The average molecular weight is 316 g/mol. The first-order valence-corrected chi connectivity index (χ1v) is 8.95. The SMILES string of the molecule is CC1=CC(c2cc(C)c(C)cc2C)=CC1c1ccc(C(C)C)cc1. The molecule has 1 atom stereocenters. The normalized spacial score (nSPS) is 17.2. The molecule has 0 nitrogen and oxygen atoms in total. The van der Waals surface area contributed by atoms with Crippen LogP contribution in [0.25, 0.3) is 5.57 Å². The summed E-state index contributed by atoms with van der Waals surface area (Å²) in [6, 6.07) is 13.8. The summed E-state index contributed by atoms with van der Waals surface area (Å²) in [6.07, 6.45) is 4.79. The number of hydrogen-bond acceptors (Lipinski definition) is 0. The van der Waals surface area contributed by atoms with E-state index in [4.69, 9.17) is 0 Å². The first kappa shape index (κ1) is 16.8. The summed E-state index contributed by atoms with van der Waals surface area (Å²) < 4.78 is 0. The van der Waals surface area contributed by atoms with Gasteiger partial charge in [0.1, 0.15) is 0 Å². The van der Waals surface area contributed by atoms with Crippen molar-refractivity contribution in [1.29, 1.82) is 0 Å². The third kappa shape index (κ3) is 3.11. The van der Waals surface area contributed by atoms with Crippen molar-refractivity contribution in [3.05, 3.63) is 87.5 Å². The van der Waals surface area contributed by atoms with Gasteiger partial charge in [-0.2, -0.15) is 0 Å². The largest absolute Gasteiger partial charge is 0.0651 e. The zero-order valence-corrected chi connectivity index (χ0v) is 15.8. The van der Waals surface area contributed by atoms with Crippen LogP contribution in [0.1, 0.15) is 66.0 Å². The predicted octanol–water partition coefficient (Wildman–Crippen LogP) is 6.86. The van der Waals surface area contributed by atoms with E-state index in [-0.39, 0.29) is 0 Å². The van der Waals surface area contributed by atoms with Gasteiger partial charge in [0.2, 0.25) is 0 Å². The van der Waals surface area contributed by atoms with Crippen LogP contribution in [-0.2, 0) is 0 Å². The highest BCUT2D eigenvalue weighted by Crippen LogP contribution is 2.38. The van der Waals surface area contributed by atoms with Crippen LogP contribution in [0.15, 0.2) is 54.1 Å². The molecule has 0 amide bonds. The van der Waals surface area contributed by atoms with Crippen molar-refractivity contribution in [3.8, 4) is 0 Å². The molecule has 1 aliphatic rings. The molecule has 0 N–H and O–H groups in total. The number of benzene rings is 2. The second-order valence-electron chi connectivity index (χ2n) is 7.56. The van der Waals surface area contributed by atoms with Crippen LogP contribution in [0.3, 0.4) is 0 Å². The molecule has 1 unspecified atom stereocenters. The zero-order valence-electron chi connectivity index (χ0n) is 15.8. The number of hydrogen-bond donors (Lipinski definition) is 0. The maximum Gasteiger partial charge on any atom is 0.0237 e. The summed E-state index contributed by atoms with van der Waals surface area (Å²) in [4.78, 5) is 0. The van der Waals surface area contributed by atoms with Crippen molar-refractivity contribution in [2.24, 2.45) is 0 Å².